The molecule has 0 aliphatic heterocycles. The molecular formula is C19H22N4O3S. The Morgan fingerprint density at radius 1 is 0.852 bits per heavy atom. The Kier molecular flexibility index (Phi) is 7.69. The van der Waals surface area contributed by atoms with Gasteiger partial charge in [-0.25, -0.2) is 4.79 Å². The maximum absolute atomic E-state index is 11.9. The summed E-state index contributed by atoms with van der Waals surface area (Å²) >= 11 is 1.25. The van der Waals surface area contributed by atoms with Gasteiger partial charge in [0.2, 0.25) is 11.8 Å². The normalized spacial score (nSPS) is 10.1. The van der Waals surface area contributed by atoms with Crippen LogP contribution in [0.5, 0.6) is 0 Å². The molecule has 0 aromatic heterocycles. The van der Waals surface area contributed by atoms with E-state index < -0.39 is 6.03 Å². The molecule has 4 amide bonds. The van der Waals surface area contributed by atoms with Crippen molar-refractivity contribution in [3.63, 3.8) is 0 Å². The van der Waals surface area contributed by atoms with Gasteiger partial charge in [-0.05, 0) is 36.8 Å². The molecule has 2 rings (SSSR count). The van der Waals surface area contributed by atoms with Crippen molar-refractivity contribution < 1.29 is 14.4 Å². The van der Waals surface area contributed by atoms with Crippen molar-refractivity contribution in [2.45, 2.75) is 13.5 Å². The van der Waals surface area contributed by atoms with E-state index in [0.717, 1.165) is 16.8 Å². The van der Waals surface area contributed by atoms with Crippen LogP contribution in [0.25, 0.3) is 0 Å². The molecule has 2 aromatic rings. The Morgan fingerprint density at radius 3 is 2.04 bits per heavy atom. The molecule has 2 aromatic carbocycles. The number of anilines is 2. The molecule has 0 unspecified atom stereocenters. The fourth-order valence-electron chi connectivity index (χ4n) is 2.17. The van der Waals surface area contributed by atoms with Gasteiger partial charge in [0.15, 0.2) is 0 Å². The fourth-order valence-corrected chi connectivity index (χ4v) is 2.82. The third-order valence-corrected chi connectivity index (χ3v) is 4.45. The van der Waals surface area contributed by atoms with Crippen molar-refractivity contribution >= 4 is 41.0 Å². The molecule has 7 nitrogen and oxygen atoms in total. The van der Waals surface area contributed by atoms with Gasteiger partial charge in [0.1, 0.15) is 0 Å². The lowest BCUT2D eigenvalue weighted by Crippen LogP contribution is -2.25. The Bertz CT molecular complexity index is 792. The number of carbonyl (C=O) groups excluding carboxylic acids is 3. The highest BCUT2D eigenvalue weighted by Crippen LogP contribution is 2.11. The average Bonchev–Trinajstić information content (AvgIpc) is 2.62. The van der Waals surface area contributed by atoms with E-state index in [0.29, 0.717) is 12.2 Å². The third-order valence-electron chi connectivity index (χ3n) is 3.51. The van der Waals surface area contributed by atoms with Gasteiger partial charge in [0.05, 0.1) is 11.5 Å². The number of aryl methyl sites for hydroxylation is 1. The van der Waals surface area contributed by atoms with Gasteiger partial charge in [-0.1, -0.05) is 29.8 Å². The monoisotopic (exact) mass is 386 g/mol. The van der Waals surface area contributed by atoms with Gasteiger partial charge in [-0.15, -0.1) is 11.8 Å². The topological polar surface area (TPSA) is 113 Å². The summed E-state index contributed by atoms with van der Waals surface area (Å²) in [7, 11) is 0. The van der Waals surface area contributed by atoms with Crippen LogP contribution in [0.15, 0.2) is 48.5 Å². The summed E-state index contributed by atoms with van der Waals surface area (Å²) in [6.45, 7) is 2.35. The maximum Gasteiger partial charge on any atom is 0.316 e. The summed E-state index contributed by atoms with van der Waals surface area (Å²) in [5, 5.41) is 8.04. The number of nitrogens with two attached hydrogens (primary N) is 1. The number of thioether (sulfide) groups is 1. The van der Waals surface area contributed by atoms with E-state index in [9.17, 15) is 14.4 Å². The van der Waals surface area contributed by atoms with Gasteiger partial charge in [0, 0.05) is 17.9 Å². The molecule has 0 aliphatic rings. The minimum atomic E-state index is -0.625. The Labute approximate surface area is 162 Å². The fraction of sp³-hybridized carbons (Fsp3) is 0.211. The van der Waals surface area contributed by atoms with Crippen molar-refractivity contribution in [2.75, 3.05) is 22.1 Å². The van der Waals surface area contributed by atoms with E-state index in [-0.39, 0.29) is 23.3 Å². The number of nitrogens with one attached hydrogen (secondary N) is 3. The first kappa shape index (κ1) is 20.3. The Balaban J connectivity index is 1.65. The van der Waals surface area contributed by atoms with E-state index in [4.69, 9.17) is 5.73 Å². The van der Waals surface area contributed by atoms with Crippen LogP contribution in [0.1, 0.15) is 11.1 Å². The summed E-state index contributed by atoms with van der Waals surface area (Å²) < 4.78 is 0. The first-order chi connectivity index (χ1) is 12.9. The average molecular weight is 386 g/mol. The van der Waals surface area contributed by atoms with Crippen molar-refractivity contribution in [1.82, 2.24) is 5.32 Å². The van der Waals surface area contributed by atoms with Crippen LogP contribution < -0.4 is 21.7 Å². The molecule has 0 spiro atoms. The van der Waals surface area contributed by atoms with E-state index in [1.165, 1.54) is 11.8 Å². The van der Waals surface area contributed by atoms with Crippen molar-refractivity contribution in [3.05, 3.63) is 59.7 Å². The van der Waals surface area contributed by atoms with Crippen LogP contribution >= 0.6 is 11.8 Å². The van der Waals surface area contributed by atoms with Crippen LogP contribution in [0, 0.1) is 6.92 Å². The quantitative estimate of drug-likeness (QED) is 0.558. The second-order valence-corrected chi connectivity index (χ2v) is 6.86. The smallest absolute Gasteiger partial charge is 0.316 e. The highest BCUT2D eigenvalue weighted by molar-refractivity contribution is 8.00. The number of carbonyl (C=O) groups is 3. The van der Waals surface area contributed by atoms with Crippen LogP contribution in [-0.2, 0) is 16.1 Å². The summed E-state index contributed by atoms with van der Waals surface area (Å²) in [6, 6.07) is 13.9. The predicted octanol–water partition coefficient (Wildman–Crippen LogP) is 2.47. The van der Waals surface area contributed by atoms with E-state index in [2.05, 4.69) is 16.0 Å². The largest absolute Gasteiger partial charge is 0.351 e. The van der Waals surface area contributed by atoms with E-state index >= 15 is 0 Å². The molecule has 0 heterocycles. The molecule has 0 saturated carbocycles. The van der Waals surface area contributed by atoms with Crippen molar-refractivity contribution in [3.8, 4) is 0 Å². The summed E-state index contributed by atoms with van der Waals surface area (Å²) in [6.07, 6.45) is 0. The molecule has 27 heavy (non-hydrogen) atoms. The zero-order valence-corrected chi connectivity index (χ0v) is 15.8. The number of hydrogen-bond acceptors (Lipinski definition) is 4. The highest BCUT2D eigenvalue weighted by atomic mass is 32.2. The van der Waals surface area contributed by atoms with Gasteiger partial charge in [0.25, 0.3) is 0 Å². The molecule has 0 fully saturated rings. The second kappa shape index (κ2) is 10.2. The van der Waals surface area contributed by atoms with Crippen molar-refractivity contribution in [2.24, 2.45) is 5.73 Å². The SMILES string of the molecule is Cc1ccc(NC(=O)CSCC(=O)NCc2ccc(NC(N)=O)cc2)cc1. The molecule has 0 atom stereocenters. The van der Waals surface area contributed by atoms with Crippen LogP contribution in [0.3, 0.4) is 0 Å². The van der Waals surface area contributed by atoms with Gasteiger partial charge in [-0.3, -0.25) is 9.59 Å². The Morgan fingerprint density at radius 2 is 1.41 bits per heavy atom. The zero-order valence-electron chi connectivity index (χ0n) is 15.0. The molecule has 0 aliphatic carbocycles. The van der Waals surface area contributed by atoms with Gasteiger partial charge in [-0.2, -0.15) is 0 Å². The van der Waals surface area contributed by atoms with Crippen molar-refractivity contribution in [1.29, 1.82) is 0 Å². The third kappa shape index (κ3) is 7.83. The highest BCUT2D eigenvalue weighted by Gasteiger charge is 2.06. The zero-order chi connectivity index (χ0) is 19.6. The predicted molar refractivity (Wildman–Crippen MR) is 109 cm³/mol. The summed E-state index contributed by atoms with van der Waals surface area (Å²) in [4.78, 5) is 34.5. The number of amides is 4. The lowest BCUT2D eigenvalue weighted by atomic mass is 10.2. The minimum absolute atomic E-state index is 0.144. The lowest BCUT2D eigenvalue weighted by molar-refractivity contribution is -0.118. The van der Waals surface area contributed by atoms with Gasteiger partial charge >= 0.3 is 6.03 Å². The minimum Gasteiger partial charge on any atom is -0.351 e. The maximum atomic E-state index is 11.9. The second-order valence-electron chi connectivity index (χ2n) is 5.87. The number of rotatable bonds is 8. The number of primary amides is 1. The molecular weight excluding hydrogens is 364 g/mol. The Hall–Kier alpha value is -3.00. The molecule has 0 radical (unpaired) electrons. The number of urea groups is 1. The van der Waals surface area contributed by atoms with Crippen LogP contribution in [-0.4, -0.2) is 29.4 Å². The first-order valence-electron chi connectivity index (χ1n) is 8.29. The molecule has 0 bridgehead atoms. The standard InChI is InChI=1S/C19H22N4O3S/c1-13-2-6-15(7-3-13)22-18(25)12-27-11-17(24)21-10-14-4-8-16(9-5-14)23-19(20)26/h2-9H,10-12H2,1H3,(H,21,24)(H,22,25)(H3,20,23,26). The molecule has 5 N–H and O–H groups in total. The van der Waals surface area contributed by atoms with Gasteiger partial charge < -0.3 is 21.7 Å². The number of hydrogen-bond donors (Lipinski definition) is 4. The lowest BCUT2D eigenvalue weighted by Gasteiger charge is -2.07. The first-order valence-corrected chi connectivity index (χ1v) is 9.44. The van der Waals surface area contributed by atoms with Crippen LogP contribution in [0.4, 0.5) is 16.2 Å². The molecule has 0 saturated heterocycles. The summed E-state index contributed by atoms with van der Waals surface area (Å²) in [5.41, 5.74) is 8.38. The van der Waals surface area contributed by atoms with E-state index in [1.807, 2.05) is 31.2 Å². The van der Waals surface area contributed by atoms with E-state index in [1.54, 1.807) is 24.3 Å². The summed E-state index contributed by atoms with van der Waals surface area (Å²) in [5.74, 6) is 0.105. The van der Waals surface area contributed by atoms with Crippen LogP contribution in [0.2, 0.25) is 0 Å². The number of benzene rings is 2. The molecule has 8 heteroatoms. The molecule has 142 valence electrons.